The van der Waals surface area contributed by atoms with Crippen molar-refractivity contribution in [3.63, 3.8) is 0 Å². The number of likely N-dealkylation sites (tertiary alicyclic amines) is 1. The number of nitrogens with one attached hydrogen (secondary N) is 2. The Bertz CT molecular complexity index is 1280. The van der Waals surface area contributed by atoms with E-state index in [1.54, 1.807) is 6.07 Å². The first kappa shape index (κ1) is 27.2. The summed E-state index contributed by atoms with van der Waals surface area (Å²) in [6.45, 7) is 1.09. The highest BCUT2D eigenvalue weighted by Crippen LogP contribution is 2.30. The van der Waals surface area contributed by atoms with E-state index in [9.17, 15) is 18.4 Å². The molecule has 3 N–H and O–H groups in total. The van der Waals surface area contributed by atoms with E-state index in [0.717, 1.165) is 54.8 Å². The van der Waals surface area contributed by atoms with Crippen LogP contribution in [0.1, 0.15) is 30.4 Å². The zero-order valence-electron chi connectivity index (χ0n) is 21.2. The lowest BCUT2D eigenvalue weighted by Gasteiger charge is -2.28. The quantitative estimate of drug-likeness (QED) is 0.371. The van der Waals surface area contributed by atoms with Gasteiger partial charge >= 0.3 is 6.09 Å². The van der Waals surface area contributed by atoms with Crippen LogP contribution >= 0.6 is 0 Å². The van der Waals surface area contributed by atoms with Gasteiger partial charge in [0.1, 0.15) is 17.7 Å². The second-order valence-corrected chi connectivity index (χ2v) is 9.41. The first-order chi connectivity index (χ1) is 18.3. The molecule has 0 unspecified atom stereocenters. The van der Waals surface area contributed by atoms with Crippen molar-refractivity contribution in [2.24, 2.45) is 0 Å². The summed E-state index contributed by atoms with van der Waals surface area (Å²) in [5, 5.41) is 14.3. The van der Waals surface area contributed by atoms with Gasteiger partial charge in [0.2, 0.25) is 5.91 Å². The molecule has 1 heterocycles. The third kappa shape index (κ3) is 7.14. The highest BCUT2D eigenvalue weighted by atomic mass is 19.1. The van der Waals surface area contributed by atoms with E-state index in [1.165, 1.54) is 0 Å². The lowest BCUT2D eigenvalue weighted by molar-refractivity contribution is -0.116. The van der Waals surface area contributed by atoms with Gasteiger partial charge in [-0.15, -0.1) is 0 Å². The fourth-order valence-corrected chi connectivity index (χ4v) is 4.39. The number of halogens is 2. The molecule has 3 aromatic carbocycles. The SMILES string of the molecule is CN1CCC(OC(=O)Nc2cc(CCC(=O)Nc3cc(F)c(CO)cc3F)ccc2-c2ccccc2)CC1. The van der Waals surface area contributed by atoms with Crippen LogP contribution < -0.4 is 10.6 Å². The lowest BCUT2D eigenvalue weighted by atomic mass is 9.99. The molecule has 1 aliphatic heterocycles. The van der Waals surface area contributed by atoms with Gasteiger partial charge in [-0.05, 0) is 49.6 Å². The number of aliphatic hydroxyl groups is 1. The van der Waals surface area contributed by atoms with Crippen molar-refractivity contribution in [2.75, 3.05) is 30.8 Å². The van der Waals surface area contributed by atoms with Crippen molar-refractivity contribution in [3.05, 3.63) is 83.4 Å². The molecule has 2 amide bonds. The molecule has 9 heteroatoms. The molecule has 7 nitrogen and oxygen atoms in total. The number of piperidine rings is 1. The molecule has 1 fully saturated rings. The fourth-order valence-electron chi connectivity index (χ4n) is 4.39. The minimum absolute atomic E-state index is 0.00692. The van der Waals surface area contributed by atoms with Gasteiger partial charge < -0.3 is 20.1 Å². The van der Waals surface area contributed by atoms with Gasteiger partial charge in [0, 0.05) is 36.7 Å². The van der Waals surface area contributed by atoms with Gasteiger partial charge in [0.25, 0.3) is 0 Å². The van der Waals surface area contributed by atoms with Crippen LogP contribution in [-0.4, -0.2) is 48.2 Å². The summed E-state index contributed by atoms with van der Waals surface area (Å²) in [6.07, 6.45) is 1.19. The molecule has 0 radical (unpaired) electrons. The van der Waals surface area contributed by atoms with E-state index in [0.29, 0.717) is 12.1 Å². The molecule has 0 aromatic heterocycles. The summed E-state index contributed by atoms with van der Waals surface area (Å²) in [5.41, 5.74) is 2.57. The van der Waals surface area contributed by atoms with Gasteiger partial charge in [0.05, 0.1) is 18.0 Å². The summed E-state index contributed by atoms with van der Waals surface area (Å²) >= 11 is 0. The minimum Gasteiger partial charge on any atom is -0.446 e. The molecule has 38 heavy (non-hydrogen) atoms. The van der Waals surface area contributed by atoms with Crippen LogP contribution in [0.2, 0.25) is 0 Å². The predicted octanol–water partition coefficient (Wildman–Crippen LogP) is 5.34. The molecule has 0 saturated carbocycles. The second-order valence-electron chi connectivity index (χ2n) is 9.41. The average Bonchev–Trinajstić information content (AvgIpc) is 2.91. The zero-order valence-corrected chi connectivity index (χ0v) is 21.2. The van der Waals surface area contributed by atoms with Gasteiger partial charge in [0.15, 0.2) is 0 Å². The summed E-state index contributed by atoms with van der Waals surface area (Å²) in [6, 6.07) is 16.8. The highest BCUT2D eigenvalue weighted by Gasteiger charge is 2.21. The molecular weight excluding hydrogens is 492 g/mol. The third-order valence-corrected chi connectivity index (χ3v) is 6.57. The highest BCUT2D eigenvalue weighted by molar-refractivity contribution is 5.92. The Hall–Kier alpha value is -3.82. The molecule has 3 aromatic rings. The third-order valence-electron chi connectivity index (χ3n) is 6.57. The second kappa shape index (κ2) is 12.6. The number of hydrogen-bond donors (Lipinski definition) is 3. The normalized spacial score (nSPS) is 14.2. The lowest BCUT2D eigenvalue weighted by Crippen LogP contribution is -2.36. The Morgan fingerprint density at radius 1 is 0.974 bits per heavy atom. The number of aliphatic hydroxyl groups excluding tert-OH is 1. The average molecular weight is 524 g/mol. The summed E-state index contributed by atoms with van der Waals surface area (Å²) in [7, 11) is 2.04. The van der Waals surface area contributed by atoms with Gasteiger partial charge in [-0.1, -0.05) is 42.5 Å². The zero-order chi connectivity index (χ0) is 27.1. The van der Waals surface area contributed by atoms with E-state index in [1.807, 2.05) is 49.5 Å². The molecule has 4 rings (SSSR count). The van der Waals surface area contributed by atoms with Crippen molar-refractivity contribution < 1.29 is 28.2 Å². The Labute approximate surface area is 220 Å². The Morgan fingerprint density at radius 3 is 2.42 bits per heavy atom. The van der Waals surface area contributed by atoms with Gasteiger partial charge in [-0.2, -0.15) is 0 Å². The maximum atomic E-state index is 14.2. The van der Waals surface area contributed by atoms with Crippen LogP contribution in [-0.2, 0) is 22.6 Å². The first-order valence-corrected chi connectivity index (χ1v) is 12.6. The van der Waals surface area contributed by atoms with E-state index in [-0.39, 0.29) is 23.8 Å². The summed E-state index contributed by atoms with van der Waals surface area (Å²) in [5.74, 6) is -2.13. The van der Waals surface area contributed by atoms with E-state index in [4.69, 9.17) is 9.84 Å². The van der Waals surface area contributed by atoms with Crippen molar-refractivity contribution >= 4 is 23.4 Å². The standard InChI is InChI=1S/C29H31F2N3O4/c1-34-13-11-22(12-14-34)38-29(37)33-26-15-19(7-9-23(26)20-5-3-2-4-6-20)8-10-28(36)32-27-17-24(30)21(18-35)16-25(27)31/h2-7,9,15-17,22,35H,8,10-14,18H2,1H3,(H,32,36)(H,33,37). The number of carbonyl (C=O) groups is 2. The number of carbonyl (C=O) groups excluding carboxylic acids is 2. The van der Waals surface area contributed by atoms with Crippen LogP contribution in [0.5, 0.6) is 0 Å². The molecule has 1 saturated heterocycles. The van der Waals surface area contributed by atoms with E-state index in [2.05, 4.69) is 15.5 Å². The molecule has 200 valence electrons. The van der Waals surface area contributed by atoms with Gasteiger partial charge in [-0.3, -0.25) is 10.1 Å². The van der Waals surface area contributed by atoms with Crippen molar-refractivity contribution in [1.82, 2.24) is 4.90 Å². The topological polar surface area (TPSA) is 90.9 Å². The van der Waals surface area contributed by atoms with Crippen LogP contribution in [0.3, 0.4) is 0 Å². The molecule has 0 atom stereocenters. The molecule has 0 bridgehead atoms. The molecule has 0 spiro atoms. The van der Waals surface area contributed by atoms with Gasteiger partial charge in [-0.25, -0.2) is 13.6 Å². The number of rotatable bonds is 8. The fraction of sp³-hybridized carbons (Fsp3) is 0.310. The van der Waals surface area contributed by atoms with Crippen molar-refractivity contribution in [1.29, 1.82) is 0 Å². The number of anilines is 2. The minimum atomic E-state index is -0.828. The maximum absolute atomic E-state index is 14.2. The number of amides is 2. The number of nitrogens with zero attached hydrogens (tertiary/aromatic N) is 1. The number of hydrogen-bond acceptors (Lipinski definition) is 5. The summed E-state index contributed by atoms with van der Waals surface area (Å²) < 4.78 is 33.7. The van der Waals surface area contributed by atoms with Crippen LogP contribution in [0, 0.1) is 11.6 Å². The van der Waals surface area contributed by atoms with Crippen molar-refractivity contribution in [2.45, 2.75) is 38.4 Å². The largest absolute Gasteiger partial charge is 0.446 e. The first-order valence-electron chi connectivity index (χ1n) is 12.6. The summed E-state index contributed by atoms with van der Waals surface area (Å²) in [4.78, 5) is 27.4. The number of benzene rings is 3. The Morgan fingerprint density at radius 2 is 1.71 bits per heavy atom. The molecule has 1 aliphatic rings. The monoisotopic (exact) mass is 523 g/mol. The van der Waals surface area contributed by atoms with Crippen LogP contribution in [0.15, 0.2) is 60.7 Å². The van der Waals surface area contributed by atoms with Crippen molar-refractivity contribution in [3.8, 4) is 11.1 Å². The number of ether oxygens (including phenoxy) is 1. The molecular formula is C29H31F2N3O4. The van der Waals surface area contributed by atoms with E-state index >= 15 is 0 Å². The smallest absolute Gasteiger partial charge is 0.411 e. The van der Waals surface area contributed by atoms with E-state index < -0.39 is 30.2 Å². The Balaban J connectivity index is 1.44. The Kier molecular flexibility index (Phi) is 9.04. The maximum Gasteiger partial charge on any atom is 0.411 e. The van der Waals surface area contributed by atoms with Crippen LogP contribution in [0.25, 0.3) is 11.1 Å². The van der Waals surface area contributed by atoms with Crippen LogP contribution in [0.4, 0.5) is 25.0 Å². The predicted molar refractivity (Wildman–Crippen MR) is 142 cm³/mol. The molecule has 0 aliphatic carbocycles. The number of aryl methyl sites for hydroxylation is 1.